The lowest BCUT2D eigenvalue weighted by molar-refractivity contribution is -0.137. The maximum Gasteiger partial charge on any atom is 0.315 e. The molecule has 1 fully saturated rings. The zero-order chi connectivity index (χ0) is 14.4. The van der Waals surface area contributed by atoms with Gasteiger partial charge >= 0.3 is 12.0 Å². The van der Waals surface area contributed by atoms with Crippen LogP contribution < -0.4 is 10.6 Å². The molecule has 0 aliphatic carbocycles. The number of hydrogen-bond donors (Lipinski definition) is 3. The molecule has 0 radical (unpaired) electrons. The van der Waals surface area contributed by atoms with E-state index in [4.69, 9.17) is 5.11 Å². The van der Waals surface area contributed by atoms with E-state index in [1.807, 2.05) is 13.8 Å². The third-order valence-electron chi connectivity index (χ3n) is 3.57. The third kappa shape index (κ3) is 5.92. The second-order valence-electron chi connectivity index (χ2n) is 5.64. The fourth-order valence-corrected chi connectivity index (χ4v) is 2.19. The van der Waals surface area contributed by atoms with Crippen molar-refractivity contribution in [2.75, 3.05) is 20.1 Å². The number of carbonyl (C=O) groups is 2. The van der Waals surface area contributed by atoms with Crippen molar-refractivity contribution in [2.24, 2.45) is 5.92 Å². The highest BCUT2D eigenvalue weighted by atomic mass is 16.4. The van der Waals surface area contributed by atoms with Gasteiger partial charge in [0.05, 0.1) is 6.42 Å². The Morgan fingerprint density at radius 3 is 2.37 bits per heavy atom. The fraction of sp³-hybridized carbons (Fsp3) is 0.846. The number of aliphatic carboxylic acids is 1. The minimum Gasteiger partial charge on any atom is -0.481 e. The van der Waals surface area contributed by atoms with Crippen LogP contribution in [-0.2, 0) is 4.79 Å². The molecular formula is C13H25N3O3. The van der Waals surface area contributed by atoms with E-state index in [1.165, 1.54) is 0 Å². The van der Waals surface area contributed by atoms with Crippen molar-refractivity contribution < 1.29 is 14.7 Å². The van der Waals surface area contributed by atoms with E-state index >= 15 is 0 Å². The topological polar surface area (TPSA) is 81.7 Å². The van der Waals surface area contributed by atoms with Gasteiger partial charge in [-0.2, -0.15) is 0 Å². The summed E-state index contributed by atoms with van der Waals surface area (Å²) in [6, 6.07) is -0.396. The van der Waals surface area contributed by atoms with Crippen LogP contribution in [0, 0.1) is 5.92 Å². The van der Waals surface area contributed by atoms with Gasteiger partial charge in [-0.05, 0) is 38.9 Å². The molecule has 0 spiro atoms. The van der Waals surface area contributed by atoms with Gasteiger partial charge in [-0.15, -0.1) is 0 Å². The molecule has 6 heteroatoms. The normalized spacial score (nSPS) is 19.2. The molecule has 1 unspecified atom stereocenters. The van der Waals surface area contributed by atoms with Crippen LogP contribution >= 0.6 is 0 Å². The highest BCUT2D eigenvalue weighted by Gasteiger charge is 2.22. The number of carbonyl (C=O) groups excluding carboxylic acids is 1. The number of nitrogens with one attached hydrogen (secondary N) is 2. The molecule has 6 nitrogen and oxygen atoms in total. The van der Waals surface area contributed by atoms with Crippen molar-refractivity contribution in [3.63, 3.8) is 0 Å². The second-order valence-corrected chi connectivity index (χ2v) is 5.64. The van der Waals surface area contributed by atoms with E-state index in [1.54, 1.807) is 0 Å². The van der Waals surface area contributed by atoms with Gasteiger partial charge < -0.3 is 20.6 Å². The van der Waals surface area contributed by atoms with Crippen molar-refractivity contribution in [3.05, 3.63) is 0 Å². The van der Waals surface area contributed by atoms with Gasteiger partial charge in [-0.3, -0.25) is 4.79 Å². The first-order chi connectivity index (χ1) is 8.88. The Bertz CT molecular complexity index is 312. The van der Waals surface area contributed by atoms with Gasteiger partial charge in [-0.25, -0.2) is 4.79 Å². The number of piperidine rings is 1. The number of urea groups is 1. The second kappa shape index (κ2) is 7.33. The maximum absolute atomic E-state index is 11.9. The molecule has 0 bridgehead atoms. The molecule has 19 heavy (non-hydrogen) atoms. The van der Waals surface area contributed by atoms with Gasteiger partial charge in [0.1, 0.15) is 0 Å². The number of rotatable bonds is 5. The smallest absolute Gasteiger partial charge is 0.315 e. The molecule has 1 aliphatic rings. The van der Waals surface area contributed by atoms with Crippen molar-refractivity contribution in [1.29, 1.82) is 0 Å². The minimum atomic E-state index is -0.890. The van der Waals surface area contributed by atoms with Crippen LogP contribution in [0.25, 0.3) is 0 Å². The van der Waals surface area contributed by atoms with E-state index in [0.717, 1.165) is 25.9 Å². The first-order valence-corrected chi connectivity index (χ1v) is 6.86. The monoisotopic (exact) mass is 271 g/mol. The lowest BCUT2D eigenvalue weighted by Gasteiger charge is -2.30. The predicted molar refractivity (Wildman–Crippen MR) is 73.1 cm³/mol. The Morgan fingerprint density at radius 2 is 1.89 bits per heavy atom. The number of carboxylic acids is 1. The molecule has 0 aromatic heterocycles. The van der Waals surface area contributed by atoms with E-state index in [-0.39, 0.29) is 30.5 Å². The Balaban J connectivity index is 2.37. The quantitative estimate of drug-likeness (QED) is 0.693. The fourth-order valence-electron chi connectivity index (χ4n) is 2.19. The Labute approximate surface area is 114 Å². The lowest BCUT2D eigenvalue weighted by atomic mass is 10.0. The number of carboxylic acid groups (broad SMARTS) is 1. The van der Waals surface area contributed by atoms with E-state index < -0.39 is 5.97 Å². The third-order valence-corrected chi connectivity index (χ3v) is 3.57. The summed E-state index contributed by atoms with van der Waals surface area (Å²) in [7, 11) is 2.07. The molecule has 1 heterocycles. The Hall–Kier alpha value is -1.30. The molecule has 0 aromatic carbocycles. The summed E-state index contributed by atoms with van der Waals surface area (Å²) >= 11 is 0. The van der Waals surface area contributed by atoms with Crippen LogP contribution in [0.15, 0.2) is 0 Å². The van der Waals surface area contributed by atoms with E-state index in [9.17, 15) is 9.59 Å². The summed E-state index contributed by atoms with van der Waals surface area (Å²) < 4.78 is 0. The first kappa shape index (κ1) is 15.8. The number of likely N-dealkylation sites (tertiary alicyclic amines) is 1. The molecular weight excluding hydrogens is 246 g/mol. The lowest BCUT2D eigenvalue weighted by Crippen LogP contribution is -2.51. The molecule has 2 amide bonds. The molecule has 1 atom stereocenters. The highest BCUT2D eigenvalue weighted by molar-refractivity contribution is 5.76. The zero-order valence-electron chi connectivity index (χ0n) is 12.0. The van der Waals surface area contributed by atoms with Crippen molar-refractivity contribution in [2.45, 2.75) is 45.2 Å². The summed E-state index contributed by atoms with van der Waals surface area (Å²) in [6.45, 7) is 5.77. The van der Waals surface area contributed by atoms with Crippen LogP contribution in [0.1, 0.15) is 33.1 Å². The highest BCUT2D eigenvalue weighted by Crippen LogP contribution is 2.09. The van der Waals surface area contributed by atoms with Crippen molar-refractivity contribution in [1.82, 2.24) is 15.5 Å². The van der Waals surface area contributed by atoms with Crippen molar-refractivity contribution in [3.8, 4) is 0 Å². The molecule has 0 aromatic rings. The van der Waals surface area contributed by atoms with Crippen LogP contribution in [0.3, 0.4) is 0 Å². The van der Waals surface area contributed by atoms with Crippen LogP contribution in [-0.4, -0.2) is 54.2 Å². The average Bonchev–Trinajstić information content (AvgIpc) is 2.30. The SMILES string of the molecule is CC(C)C(CC(=O)O)NC(=O)NC1CCN(C)CC1. The molecule has 1 rings (SSSR count). The van der Waals surface area contributed by atoms with Crippen molar-refractivity contribution >= 4 is 12.0 Å². The summed E-state index contributed by atoms with van der Waals surface area (Å²) in [4.78, 5) is 24.8. The van der Waals surface area contributed by atoms with Crippen LogP contribution in [0.5, 0.6) is 0 Å². The van der Waals surface area contributed by atoms with Gasteiger partial charge in [0, 0.05) is 12.1 Å². The van der Waals surface area contributed by atoms with E-state index in [2.05, 4.69) is 22.6 Å². The Kier molecular flexibility index (Phi) is 6.08. The number of hydrogen-bond acceptors (Lipinski definition) is 3. The van der Waals surface area contributed by atoms with Crippen LogP contribution in [0.2, 0.25) is 0 Å². The molecule has 3 N–H and O–H groups in total. The predicted octanol–water partition coefficient (Wildman–Crippen LogP) is 0.879. The molecule has 110 valence electrons. The first-order valence-electron chi connectivity index (χ1n) is 6.86. The number of nitrogens with zero attached hydrogens (tertiary/aromatic N) is 1. The summed E-state index contributed by atoms with van der Waals surface area (Å²) in [6.07, 6.45) is 1.84. The summed E-state index contributed by atoms with van der Waals surface area (Å²) in [5, 5.41) is 14.5. The Morgan fingerprint density at radius 1 is 1.32 bits per heavy atom. The number of amides is 2. The van der Waals surface area contributed by atoms with Gasteiger partial charge in [0.15, 0.2) is 0 Å². The minimum absolute atomic E-state index is 0.0432. The summed E-state index contributed by atoms with van der Waals surface area (Å²) in [5.74, 6) is -0.794. The molecule has 1 aliphatic heterocycles. The zero-order valence-corrected chi connectivity index (χ0v) is 12.0. The van der Waals surface area contributed by atoms with Gasteiger partial charge in [0.2, 0.25) is 0 Å². The largest absolute Gasteiger partial charge is 0.481 e. The van der Waals surface area contributed by atoms with Gasteiger partial charge in [0.25, 0.3) is 0 Å². The average molecular weight is 271 g/mol. The van der Waals surface area contributed by atoms with Gasteiger partial charge in [-0.1, -0.05) is 13.8 Å². The van der Waals surface area contributed by atoms with E-state index in [0.29, 0.717) is 0 Å². The summed E-state index contributed by atoms with van der Waals surface area (Å²) in [5.41, 5.74) is 0. The standard InChI is InChI=1S/C13H25N3O3/c1-9(2)11(8-12(17)18)15-13(19)14-10-4-6-16(3)7-5-10/h9-11H,4-8H2,1-3H3,(H,17,18)(H2,14,15,19). The maximum atomic E-state index is 11.9. The van der Waals surface area contributed by atoms with Crippen LogP contribution in [0.4, 0.5) is 4.79 Å². The molecule has 0 saturated carbocycles. The molecule has 1 saturated heterocycles.